The van der Waals surface area contributed by atoms with Gasteiger partial charge in [0.25, 0.3) is 11.8 Å². The maximum absolute atomic E-state index is 13.1. The van der Waals surface area contributed by atoms with E-state index >= 15 is 0 Å². The van der Waals surface area contributed by atoms with E-state index < -0.39 is 0 Å². The number of carbonyl (C=O) groups is 2. The van der Waals surface area contributed by atoms with Gasteiger partial charge in [0.1, 0.15) is 5.75 Å². The van der Waals surface area contributed by atoms with Gasteiger partial charge in [-0.2, -0.15) is 0 Å². The number of nitrogens with zero attached hydrogens (tertiary/aromatic N) is 1. The molecule has 0 bridgehead atoms. The molecule has 0 saturated carbocycles. The van der Waals surface area contributed by atoms with Gasteiger partial charge in [-0.25, -0.2) is 4.90 Å². The van der Waals surface area contributed by atoms with Gasteiger partial charge < -0.3 is 4.74 Å². The van der Waals surface area contributed by atoms with Gasteiger partial charge in [-0.1, -0.05) is 37.6 Å². The second kappa shape index (κ2) is 7.56. The van der Waals surface area contributed by atoms with Gasteiger partial charge in [0.05, 0.1) is 23.3 Å². The fraction of sp³-hybridized carbons (Fsp3) is 0.200. The van der Waals surface area contributed by atoms with Crippen molar-refractivity contribution in [1.82, 2.24) is 0 Å². The van der Waals surface area contributed by atoms with E-state index in [1.165, 1.54) is 16.7 Å². The van der Waals surface area contributed by atoms with Crippen molar-refractivity contribution in [3.63, 3.8) is 0 Å². The zero-order chi connectivity index (χ0) is 18.8. The van der Waals surface area contributed by atoms with Gasteiger partial charge in [-0.3, -0.25) is 9.59 Å². The number of hydrogen-bond acceptors (Lipinski definition) is 4. The van der Waals surface area contributed by atoms with Gasteiger partial charge in [0.15, 0.2) is 0 Å². The van der Waals surface area contributed by atoms with Gasteiger partial charge in [0.2, 0.25) is 0 Å². The molecule has 4 nitrogen and oxygen atoms in total. The van der Waals surface area contributed by atoms with Gasteiger partial charge in [-0.15, -0.1) is 11.8 Å². The average molecular weight is 388 g/mol. The molecule has 0 aromatic heterocycles. The number of hydrogen-bond donors (Lipinski definition) is 0. The number of methoxy groups -OCH3 is 1. The molecule has 2 amide bonds. The fourth-order valence-electron chi connectivity index (χ4n) is 2.69. The Morgan fingerprint density at radius 2 is 1.58 bits per heavy atom. The van der Waals surface area contributed by atoms with Crippen molar-refractivity contribution in [3.8, 4) is 5.75 Å². The molecule has 0 spiro atoms. The molecule has 0 atom stereocenters. The van der Waals surface area contributed by atoms with Crippen molar-refractivity contribution in [2.75, 3.05) is 12.0 Å². The SMILES string of the molecule is COc1ccc(N2C(=O)C(SC(C)C)=C(c3ccc(Cl)cc3)C2=O)cc1. The van der Waals surface area contributed by atoms with Gasteiger partial charge in [0, 0.05) is 10.3 Å². The van der Waals surface area contributed by atoms with Crippen molar-refractivity contribution in [2.45, 2.75) is 19.1 Å². The molecule has 0 N–H and O–H groups in total. The molecular weight excluding hydrogens is 370 g/mol. The van der Waals surface area contributed by atoms with Crippen molar-refractivity contribution < 1.29 is 14.3 Å². The number of amides is 2. The number of halogens is 1. The van der Waals surface area contributed by atoms with Crippen LogP contribution in [-0.2, 0) is 9.59 Å². The Morgan fingerprint density at radius 1 is 0.962 bits per heavy atom. The van der Waals surface area contributed by atoms with Crippen LogP contribution in [0.15, 0.2) is 53.4 Å². The fourth-order valence-corrected chi connectivity index (χ4v) is 3.80. The molecule has 2 aromatic carbocycles. The van der Waals surface area contributed by atoms with E-state index in [9.17, 15) is 9.59 Å². The number of ether oxygens (including phenoxy) is 1. The molecule has 0 fully saturated rings. The molecule has 0 unspecified atom stereocenters. The topological polar surface area (TPSA) is 46.6 Å². The Bertz CT molecular complexity index is 873. The van der Waals surface area contributed by atoms with Crippen LogP contribution in [0, 0.1) is 0 Å². The van der Waals surface area contributed by atoms with E-state index in [-0.39, 0.29) is 17.1 Å². The number of carbonyl (C=O) groups excluding carboxylic acids is 2. The lowest BCUT2D eigenvalue weighted by atomic mass is 10.1. The van der Waals surface area contributed by atoms with E-state index in [0.717, 1.165) is 0 Å². The van der Waals surface area contributed by atoms with E-state index in [1.807, 2.05) is 13.8 Å². The Hall–Kier alpha value is -2.24. The summed E-state index contributed by atoms with van der Waals surface area (Å²) in [6, 6.07) is 13.8. The second-order valence-corrected chi connectivity index (χ2v) is 8.04. The van der Waals surface area contributed by atoms with E-state index in [0.29, 0.717) is 32.5 Å². The molecule has 3 rings (SSSR count). The minimum absolute atomic E-state index is 0.167. The molecule has 0 saturated heterocycles. The molecule has 0 aliphatic carbocycles. The summed E-state index contributed by atoms with van der Waals surface area (Å²) in [5, 5.41) is 0.746. The smallest absolute Gasteiger partial charge is 0.272 e. The molecule has 1 aliphatic rings. The molecule has 6 heteroatoms. The van der Waals surface area contributed by atoms with Crippen LogP contribution in [0.1, 0.15) is 19.4 Å². The average Bonchev–Trinajstić information content (AvgIpc) is 2.86. The van der Waals surface area contributed by atoms with Crippen LogP contribution in [0.25, 0.3) is 5.57 Å². The van der Waals surface area contributed by atoms with Gasteiger partial charge >= 0.3 is 0 Å². The minimum atomic E-state index is -0.328. The zero-order valence-electron chi connectivity index (χ0n) is 14.7. The normalized spacial score (nSPS) is 14.6. The maximum atomic E-state index is 13.1. The lowest BCUT2D eigenvalue weighted by molar-refractivity contribution is -0.119. The molecule has 0 radical (unpaired) electrons. The number of benzene rings is 2. The van der Waals surface area contributed by atoms with Crippen molar-refractivity contribution in [2.24, 2.45) is 0 Å². The highest BCUT2D eigenvalue weighted by atomic mass is 35.5. The lowest BCUT2D eigenvalue weighted by Gasteiger charge is -2.15. The van der Waals surface area contributed by atoms with Crippen molar-refractivity contribution in [3.05, 3.63) is 64.0 Å². The molecule has 1 aliphatic heterocycles. The van der Waals surface area contributed by atoms with E-state index in [4.69, 9.17) is 16.3 Å². The Morgan fingerprint density at radius 3 is 2.12 bits per heavy atom. The summed E-state index contributed by atoms with van der Waals surface area (Å²) in [6.45, 7) is 3.98. The predicted molar refractivity (Wildman–Crippen MR) is 107 cm³/mol. The minimum Gasteiger partial charge on any atom is -0.497 e. The van der Waals surface area contributed by atoms with Crippen LogP contribution in [0.5, 0.6) is 5.75 Å². The lowest BCUT2D eigenvalue weighted by Crippen LogP contribution is -2.31. The first-order valence-electron chi connectivity index (χ1n) is 8.12. The summed E-state index contributed by atoms with van der Waals surface area (Å²) in [7, 11) is 1.57. The van der Waals surface area contributed by atoms with Crippen LogP contribution < -0.4 is 9.64 Å². The first-order chi connectivity index (χ1) is 12.4. The zero-order valence-corrected chi connectivity index (χ0v) is 16.2. The summed E-state index contributed by atoms with van der Waals surface area (Å²) >= 11 is 7.36. The van der Waals surface area contributed by atoms with Gasteiger partial charge in [-0.05, 0) is 42.0 Å². The van der Waals surface area contributed by atoms with Crippen LogP contribution in [-0.4, -0.2) is 24.2 Å². The summed E-state index contributed by atoms with van der Waals surface area (Å²) in [5.74, 6) is 0.0324. The third-order valence-electron chi connectivity index (χ3n) is 3.86. The highest BCUT2D eigenvalue weighted by molar-refractivity contribution is 8.04. The molecular formula is C20H18ClNO3S. The molecule has 134 valence electrons. The Balaban J connectivity index is 2.06. The monoisotopic (exact) mass is 387 g/mol. The number of rotatable bonds is 5. The summed E-state index contributed by atoms with van der Waals surface area (Å²) < 4.78 is 5.15. The summed E-state index contributed by atoms with van der Waals surface area (Å²) in [5.41, 5.74) is 1.62. The van der Waals surface area contributed by atoms with E-state index in [2.05, 4.69) is 0 Å². The standard InChI is InChI=1S/C20H18ClNO3S/c1-12(2)26-18-17(13-4-6-14(21)7-5-13)19(23)22(20(18)24)15-8-10-16(25-3)11-9-15/h4-12H,1-3H3. The van der Waals surface area contributed by atoms with Crippen LogP contribution in [0.3, 0.4) is 0 Å². The quantitative estimate of drug-likeness (QED) is 0.693. The largest absolute Gasteiger partial charge is 0.497 e. The molecule has 26 heavy (non-hydrogen) atoms. The molecule has 2 aromatic rings. The molecule has 1 heterocycles. The first-order valence-corrected chi connectivity index (χ1v) is 9.38. The highest BCUT2D eigenvalue weighted by Gasteiger charge is 2.40. The number of imide groups is 1. The first kappa shape index (κ1) is 18.5. The second-order valence-electron chi connectivity index (χ2n) is 6.02. The summed E-state index contributed by atoms with van der Waals surface area (Å²) in [4.78, 5) is 27.8. The third-order valence-corrected chi connectivity index (χ3v) is 5.20. The Labute approximate surface area is 161 Å². The van der Waals surface area contributed by atoms with Crippen molar-refractivity contribution in [1.29, 1.82) is 0 Å². The van der Waals surface area contributed by atoms with Crippen LogP contribution in [0.4, 0.5) is 5.69 Å². The van der Waals surface area contributed by atoms with Crippen molar-refractivity contribution >= 4 is 46.4 Å². The number of anilines is 1. The predicted octanol–water partition coefficient (Wildman–Crippen LogP) is 4.77. The van der Waals surface area contributed by atoms with Crippen LogP contribution in [0.2, 0.25) is 5.02 Å². The summed E-state index contributed by atoms with van der Waals surface area (Å²) in [6.07, 6.45) is 0. The highest BCUT2D eigenvalue weighted by Crippen LogP contribution is 2.40. The van der Waals surface area contributed by atoms with E-state index in [1.54, 1.807) is 55.6 Å². The number of thioether (sulfide) groups is 1. The Kier molecular flexibility index (Phi) is 5.39. The van der Waals surface area contributed by atoms with Crippen LogP contribution >= 0.6 is 23.4 Å². The maximum Gasteiger partial charge on any atom is 0.272 e. The third kappa shape index (κ3) is 3.50.